The Morgan fingerprint density at radius 3 is 2.79 bits per heavy atom. The van der Waals surface area contributed by atoms with Gasteiger partial charge in [-0.05, 0) is 31.4 Å². The van der Waals surface area contributed by atoms with Crippen molar-refractivity contribution in [3.05, 3.63) is 36.0 Å². The Morgan fingerprint density at radius 2 is 2.11 bits per heavy atom. The summed E-state index contributed by atoms with van der Waals surface area (Å²) in [7, 11) is 0. The molecule has 0 fully saturated rings. The lowest BCUT2D eigenvalue weighted by Crippen LogP contribution is -2.29. The highest BCUT2D eigenvalue weighted by molar-refractivity contribution is 5.97. The van der Waals surface area contributed by atoms with Gasteiger partial charge < -0.3 is 15.4 Å². The average Bonchev–Trinajstić information content (AvgIpc) is 2.78. The summed E-state index contributed by atoms with van der Waals surface area (Å²) in [6.45, 7) is 4.34. The number of benzene rings is 1. The molecule has 2 aromatic rings. The van der Waals surface area contributed by atoms with Gasteiger partial charge in [-0.1, -0.05) is 25.1 Å². The maximum atomic E-state index is 12.0. The van der Waals surface area contributed by atoms with E-state index in [-0.39, 0.29) is 17.9 Å². The Bertz CT molecular complexity index is 527. The Kier molecular flexibility index (Phi) is 4.22. The Morgan fingerprint density at radius 1 is 1.37 bits per heavy atom. The van der Waals surface area contributed by atoms with E-state index in [0.29, 0.717) is 18.7 Å². The molecule has 3 N–H and O–H groups in total. The highest BCUT2D eigenvalue weighted by atomic mass is 16.3. The first kappa shape index (κ1) is 13.6. The minimum atomic E-state index is -0.333. The zero-order chi connectivity index (χ0) is 13.8. The highest BCUT2D eigenvalue weighted by Crippen LogP contribution is 2.14. The summed E-state index contributed by atoms with van der Waals surface area (Å²) in [4.78, 5) is 15.1. The molecule has 1 aromatic carbocycles. The van der Waals surface area contributed by atoms with E-state index in [1.807, 2.05) is 37.3 Å². The molecule has 0 aliphatic heterocycles. The molecular formula is C15H20N2O2. The summed E-state index contributed by atoms with van der Waals surface area (Å²) in [6.07, 6.45) is 0.354. The summed E-state index contributed by atoms with van der Waals surface area (Å²) in [5.41, 5.74) is 1.54. The minimum Gasteiger partial charge on any atom is -0.393 e. The maximum Gasteiger partial charge on any atom is 0.267 e. The number of aliphatic hydroxyl groups excluding tert-OH is 1. The van der Waals surface area contributed by atoms with Crippen LogP contribution < -0.4 is 5.32 Å². The fourth-order valence-electron chi connectivity index (χ4n) is 2.22. The fraction of sp³-hybridized carbons (Fsp3) is 0.400. The lowest BCUT2D eigenvalue weighted by atomic mass is 10.0. The van der Waals surface area contributed by atoms with Crippen molar-refractivity contribution >= 4 is 16.8 Å². The zero-order valence-corrected chi connectivity index (χ0v) is 11.3. The predicted molar refractivity (Wildman–Crippen MR) is 76.1 cm³/mol. The van der Waals surface area contributed by atoms with Crippen LogP contribution in [0.1, 0.15) is 30.8 Å². The summed E-state index contributed by atoms with van der Waals surface area (Å²) in [5.74, 6) is 0.155. The van der Waals surface area contributed by atoms with Crippen LogP contribution in [0.25, 0.3) is 10.9 Å². The van der Waals surface area contributed by atoms with Crippen LogP contribution >= 0.6 is 0 Å². The molecule has 0 radical (unpaired) electrons. The number of hydrogen-bond donors (Lipinski definition) is 3. The van der Waals surface area contributed by atoms with Gasteiger partial charge in [-0.2, -0.15) is 0 Å². The monoisotopic (exact) mass is 260 g/mol. The van der Waals surface area contributed by atoms with Crippen LogP contribution in [0, 0.1) is 5.92 Å². The lowest BCUT2D eigenvalue weighted by Gasteiger charge is -2.13. The molecular weight excluding hydrogens is 240 g/mol. The van der Waals surface area contributed by atoms with E-state index in [2.05, 4.69) is 10.3 Å². The van der Waals surface area contributed by atoms with Gasteiger partial charge >= 0.3 is 0 Å². The van der Waals surface area contributed by atoms with Crippen molar-refractivity contribution in [2.75, 3.05) is 6.54 Å². The Labute approximate surface area is 112 Å². The SMILES string of the molecule is CC(O)CC(C)CNC(=O)c1cc2ccccc2[nH]1. The smallest absolute Gasteiger partial charge is 0.267 e. The third-order valence-electron chi connectivity index (χ3n) is 3.13. The standard InChI is InChI=1S/C15H20N2O2/c1-10(7-11(2)18)9-16-15(19)14-8-12-5-3-4-6-13(12)17-14/h3-6,8,10-11,17-18H,7,9H2,1-2H3,(H,16,19). The summed E-state index contributed by atoms with van der Waals surface area (Å²) >= 11 is 0. The van der Waals surface area contributed by atoms with Gasteiger partial charge in [-0.25, -0.2) is 0 Å². The molecule has 2 unspecified atom stereocenters. The van der Waals surface area contributed by atoms with E-state index in [1.165, 1.54) is 0 Å². The molecule has 2 rings (SSSR count). The van der Waals surface area contributed by atoms with Crippen molar-refractivity contribution in [2.24, 2.45) is 5.92 Å². The number of aliphatic hydroxyl groups is 1. The molecule has 19 heavy (non-hydrogen) atoms. The number of nitrogens with one attached hydrogen (secondary N) is 2. The number of amides is 1. The van der Waals surface area contributed by atoms with Crippen molar-refractivity contribution < 1.29 is 9.90 Å². The van der Waals surface area contributed by atoms with Crippen LogP contribution in [0.2, 0.25) is 0 Å². The number of para-hydroxylation sites is 1. The van der Waals surface area contributed by atoms with Gasteiger partial charge in [0.1, 0.15) is 5.69 Å². The van der Waals surface area contributed by atoms with E-state index in [1.54, 1.807) is 6.92 Å². The van der Waals surface area contributed by atoms with Gasteiger partial charge in [0.05, 0.1) is 6.10 Å². The summed E-state index contributed by atoms with van der Waals surface area (Å²) in [6, 6.07) is 9.65. The van der Waals surface area contributed by atoms with E-state index >= 15 is 0 Å². The molecule has 1 amide bonds. The highest BCUT2D eigenvalue weighted by Gasteiger charge is 2.11. The zero-order valence-electron chi connectivity index (χ0n) is 11.3. The van der Waals surface area contributed by atoms with Crippen LogP contribution in [0.4, 0.5) is 0 Å². The molecule has 102 valence electrons. The molecule has 1 aromatic heterocycles. The molecule has 0 aliphatic rings. The van der Waals surface area contributed by atoms with Gasteiger partial charge in [0.25, 0.3) is 5.91 Å². The topological polar surface area (TPSA) is 65.1 Å². The summed E-state index contributed by atoms with van der Waals surface area (Å²) in [5, 5.41) is 13.2. The number of H-pyrrole nitrogens is 1. The van der Waals surface area contributed by atoms with E-state index in [9.17, 15) is 9.90 Å². The largest absolute Gasteiger partial charge is 0.393 e. The van der Waals surface area contributed by atoms with Crippen LogP contribution in [0.15, 0.2) is 30.3 Å². The first-order valence-corrected chi connectivity index (χ1v) is 6.60. The fourth-order valence-corrected chi connectivity index (χ4v) is 2.22. The first-order chi connectivity index (χ1) is 9.06. The predicted octanol–water partition coefficient (Wildman–Crippen LogP) is 2.30. The van der Waals surface area contributed by atoms with E-state index < -0.39 is 0 Å². The van der Waals surface area contributed by atoms with Crippen molar-refractivity contribution in [3.8, 4) is 0 Å². The number of carbonyl (C=O) groups is 1. The third kappa shape index (κ3) is 3.58. The van der Waals surface area contributed by atoms with Gasteiger partial charge in [0.15, 0.2) is 0 Å². The van der Waals surface area contributed by atoms with E-state index in [4.69, 9.17) is 0 Å². The van der Waals surface area contributed by atoms with Crippen molar-refractivity contribution in [3.63, 3.8) is 0 Å². The molecule has 4 nitrogen and oxygen atoms in total. The third-order valence-corrected chi connectivity index (χ3v) is 3.13. The van der Waals surface area contributed by atoms with Crippen molar-refractivity contribution in [1.29, 1.82) is 0 Å². The molecule has 0 saturated heterocycles. The minimum absolute atomic E-state index is 0.103. The number of fused-ring (bicyclic) bond motifs is 1. The quantitative estimate of drug-likeness (QED) is 0.772. The molecule has 4 heteroatoms. The normalized spacial score (nSPS) is 14.3. The van der Waals surface area contributed by atoms with Gasteiger partial charge in [0.2, 0.25) is 0 Å². The second kappa shape index (κ2) is 5.89. The summed E-state index contributed by atoms with van der Waals surface area (Å²) < 4.78 is 0. The average molecular weight is 260 g/mol. The van der Waals surface area contributed by atoms with Gasteiger partial charge in [-0.15, -0.1) is 0 Å². The number of rotatable bonds is 5. The molecule has 0 saturated carbocycles. The van der Waals surface area contributed by atoms with Crippen LogP contribution in [-0.4, -0.2) is 28.6 Å². The number of hydrogen-bond acceptors (Lipinski definition) is 2. The van der Waals surface area contributed by atoms with Crippen LogP contribution in [0.3, 0.4) is 0 Å². The number of aromatic nitrogens is 1. The van der Waals surface area contributed by atoms with Gasteiger partial charge in [-0.3, -0.25) is 4.79 Å². The van der Waals surface area contributed by atoms with Crippen molar-refractivity contribution in [2.45, 2.75) is 26.4 Å². The maximum absolute atomic E-state index is 12.0. The van der Waals surface area contributed by atoms with E-state index in [0.717, 1.165) is 10.9 Å². The molecule has 0 bridgehead atoms. The first-order valence-electron chi connectivity index (χ1n) is 6.60. The second-order valence-corrected chi connectivity index (χ2v) is 5.17. The van der Waals surface area contributed by atoms with Crippen LogP contribution in [-0.2, 0) is 0 Å². The second-order valence-electron chi connectivity index (χ2n) is 5.17. The lowest BCUT2D eigenvalue weighted by molar-refractivity contribution is 0.0935. The molecule has 1 heterocycles. The number of aromatic amines is 1. The molecule has 2 atom stereocenters. The van der Waals surface area contributed by atoms with Crippen LogP contribution in [0.5, 0.6) is 0 Å². The molecule has 0 spiro atoms. The van der Waals surface area contributed by atoms with Gasteiger partial charge in [0, 0.05) is 17.4 Å². The van der Waals surface area contributed by atoms with Crippen molar-refractivity contribution in [1.82, 2.24) is 10.3 Å². The molecule has 0 aliphatic carbocycles. The Balaban J connectivity index is 1.96. The number of carbonyl (C=O) groups excluding carboxylic acids is 1. The Hall–Kier alpha value is -1.81.